The Balaban J connectivity index is 2.30. The van der Waals surface area contributed by atoms with Gasteiger partial charge in [0.05, 0.1) is 5.69 Å². The molecular weight excluding hydrogens is 263 g/mol. The van der Waals surface area contributed by atoms with Gasteiger partial charge in [-0.2, -0.15) is 0 Å². The van der Waals surface area contributed by atoms with E-state index >= 15 is 0 Å². The van der Waals surface area contributed by atoms with Crippen LogP contribution in [0.15, 0.2) is 18.2 Å². The molecule has 1 aromatic rings. The fourth-order valence-electron chi connectivity index (χ4n) is 2.86. The van der Waals surface area contributed by atoms with Crippen molar-refractivity contribution in [3.63, 3.8) is 0 Å². The SMILES string of the molecule is CCCNC(C)c1cccc(F)c1N(CC(C)C)C1CC1. The standard InChI is InChI=1S/C18H29FN2/c1-5-11-20-14(4)16-7-6-8-17(19)18(16)21(12-13(2)3)15-9-10-15/h6-8,13-15,20H,5,9-12H2,1-4H3. The van der Waals surface area contributed by atoms with Crippen LogP contribution < -0.4 is 10.2 Å². The third-order valence-corrected chi connectivity index (χ3v) is 4.02. The fraction of sp³-hybridized carbons (Fsp3) is 0.667. The number of hydrogen-bond acceptors (Lipinski definition) is 2. The predicted molar refractivity (Wildman–Crippen MR) is 88.3 cm³/mol. The molecule has 118 valence electrons. The molecule has 1 aliphatic rings. The third kappa shape index (κ3) is 4.19. The third-order valence-electron chi connectivity index (χ3n) is 4.02. The van der Waals surface area contributed by atoms with Crippen LogP contribution in [0.4, 0.5) is 10.1 Å². The number of benzene rings is 1. The maximum absolute atomic E-state index is 14.6. The first-order chi connectivity index (χ1) is 10.0. The summed E-state index contributed by atoms with van der Waals surface area (Å²) in [6.07, 6.45) is 3.47. The quantitative estimate of drug-likeness (QED) is 0.758. The van der Waals surface area contributed by atoms with Gasteiger partial charge in [-0.3, -0.25) is 0 Å². The van der Waals surface area contributed by atoms with Gasteiger partial charge < -0.3 is 10.2 Å². The lowest BCUT2D eigenvalue weighted by Gasteiger charge is -2.31. The molecule has 2 rings (SSSR count). The first-order valence-electron chi connectivity index (χ1n) is 8.33. The molecule has 3 heteroatoms. The second kappa shape index (κ2) is 7.26. The van der Waals surface area contributed by atoms with E-state index in [1.165, 1.54) is 12.8 Å². The molecule has 1 aromatic carbocycles. The average molecular weight is 292 g/mol. The molecule has 0 bridgehead atoms. The summed E-state index contributed by atoms with van der Waals surface area (Å²) in [4.78, 5) is 2.31. The second-order valence-electron chi connectivity index (χ2n) is 6.63. The Hall–Kier alpha value is -1.09. The molecule has 1 fully saturated rings. The minimum atomic E-state index is -0.0785. The van der Waals surface area contributed by atoms with Crippen molar-refractivity contribution in [1.29, 1.82) is 0 Å². The van der Waals surface area contributed by atoms with Crippen molar-refractivity contribution in [3.8, 4) is 0 Å². The minimum absolute atomic E-state index is 0.0785. The van der Waals surface area contributed by atoms with Crippen LogP contribution in [0.3, 0.4) is 0 Å². The molecule has 1 saturated carbocycles. The largest absolute Gasteiger partial charge is 0.366 e. The van der Waals surface area contributed by atoms with Crippen molar-refractivity contribution in [2.45, 2.75) is 59.0 Å². The second-order valence-corrected chi connectivity index (χ2v) is 6.63. The minimum Gasteiger partial charge on any atom is -0.366 e. The van der Waals surface area contributed by atoms with E-state index in [4.69, 9.17) is 0 Å². The van der Waals surface area contributed by atoms with E-state index in [2.05, 4.69) is 44.0 Å². The molecule has 1 N–H and O–H groups in total. The van der Waals surface area contributed by atoms with Gasteiger partial charge in [0.2, 0.25) is 0 Å². The Labute approximate surface area is 128 Å². The first kappa shape index (κ1) is 16.3. The number of nitrogens with one attached hydrogen (secondary N) is 1. The molecule has 2 nitrogen and oxygen atoms in total. The molecule has 21 heavy (non-hydrogen) atoms. The van der Waals surface area contributed by atoms with Gasteiger partial charge in [-0.05, 0) is 50.3 Å². The van der Waals surface area contributed by atoms with E-state index in [1.54, 1.807) is 6.07 Å². The van der Waals surface area contributed by atoms with Crippen LogP contribution >= 0.6 is 0 Å². The Morgan fingerprint density at radius 2 is 2.00 bits per heavy atom. The van der Waals surface area contributed by atoms with E-state index in [-0.39, 0.29) is 11.9 Å². The zero-order chi connectivity index (χ0) is 15.4. The summed E-state index contributed by atoms with van der Waals surface area (Å²) in [6.45, 7) is 10.6. The molecule has 1 unspecified atom stereocenters. The van der Waals surface area contributed by atoms with Crippen LogP contribution in [-0.2, 0) is 0 Å². The molecule has 0 heterocycles. The summed E-state index contributed by atoms with van der Waals surface area (Å²) in [6, 6.07) is 6.21. The highest BCUT2D eigenvalue weighted by Crippen LogP contribution is 2.37. The summed E-state index contributed by atoms with van der Waals surface area (Å²) in [7, 11) is 0. The normalized spacial score (nSPS) is 16.3. The Morgan fingerprint density at radius 3 is 2.57 bits per heavy atom. The van der Waals surface area contributed by atoms with Crippen LogP contribution in [0, 0.1) is 11.7 Å². The molecule has 0 amide bonds. The lowest BCUT2D eigenvalue weighted by molar-refractivity contribution is 0.545. The lowest BCUT2D eigenvalue weighted by atomic mass is 10.0. The predicted octanol–water partition coefficient (Wildman–Crippen LogP) is 4.51. The van der Waals surface area contributed by atoms with Gasteiger partial charge in [0.25, 0.3) is 0 Å². The Bertz CT molecular complexity index is 455. The van der Waals surface area contributed by atoms with Crippen LogP contribution in [0.1, 0.15) is 58.6 Å². The van der Waals surface area contributed by atoms with E-state index in [9.17, 15) is 4.39 Å². The number of anilines is 1. The maximum Gasteiger partial charge on any atom is 0.146 e. The van der Waals surface area contributed by atoms with Gasteiger partial charge in [-0.25, -0.2) is 4.39 Å². The summed E-state index contributed by atoms with van der Waals surface area (Å²) < 4.78 is 14.6. The van der Waals surface area contributed by atoms with Gasteiger partial charge in [0, 0.05) is 18.6 Å². The highest BCUT2D eigenvalue weighted by atomic mass is 19.1. The van der Waals surface area contributed by atoms with E-state index in [0.717, 1.165) is 30.8 Å². The number of halogens is 1. The van der Waals surface area contributed by atoms with Crippen molar-refractivity contribution in [2.75, 3.05) is 18.0 Å². The summed E-state index contributed by atoms with van der Waals surface area (Å²) in [5.74, 6) is 0.460. The van der Waals surface area contributed by atoms with Gasteiger partial charge in [0.15, 0.2) is 0 Å². The van der Waals surface area contributed by atoms with Crippen LogP contribution in [-0.4, -0.2) is 19.1 Å². The molecule has 1 aliphatic carbocycles. The van der Waals surface area contributed by atoms with Crippen molar-refractivity contribution >= 4 is 5.69 Å². The average Bonchev–Trinajstić information content (AvgIpc) is 3.26. The van der Waals surface area contributed by atoms with E-state index in [1.807, 2.05) is 6.07 Å². The zero-order valence-electron chi connectivity index (χ0n) is 13.8. The van der Waals surface area contributed by atoms with Crippen molar-refractivity contribution < 1.29 is 4.39 Å². The summed E-state index contributed by atoms with van der Waals surface area (Å²) >= 11 is 0. The van der Waals surface area contributed by atoms with Crippen LogP contribution in [0.5, 0.6) is 0 Å². The van der Waals surface area contributed by atoms with Gasteiger partial charge in [-0.1, -0.05) is 32.9 Å². The molecule has 0 saturated heterocycles. The fourth-order valence-corrected chi connectivity index (χ4v) is 2.86. The van der Waals surface area contributed by atoms with E-state index < -0.39 is 0 Å². The van der Waals surface area contributed by atoms with Gasteiger partial charge in [-0.15, -0.1) is 0 Å². The molecule has 0 aromatic heterocycles. The summed E-state index contributed by atoms with van der Waals surface area (Å²) in [5, 5.41) is 3.49. The number of nitrogens with zero attached hydrogens (tertiary/aromatic N) is 1. The van der Waals surface area contributed by atoms with Crippen molar-refractivity contribution in [2.24, 2.45) is 5.92 Å². The molecule has 0 radical (unpaired) electrons. The Morgan fingerprint density at radius 1 is 1.29 bits per heavy atom. The molecule has 1 atom stereocenters. The molecule has 0 aliphatic heterocycles. The van der Waals surface area contributed by atoms with Crippen molar-refractivity contribution in [1.82, 2.24) is 5.32 Å². The van der Waals surface area contributed by atoms with Gasteiger partial charge >= 0.3 is 0 Å². The van der Waals surface area contributed by atoms with E-state index in [0.29, 0.717) is 12.0 Å². The zero-order valence-corrected chi connectivity index (χ0v) is 13.8. The Kier molecular flexibility index (Phi) is 5.63. The lowest BCUT2D eigenvalue weighted by Crippen LogP contribution is -2.33. The smallest absolute Gasteiger partial charge is 0.146 e. The van der Waals surface area contributed by atoms with Crippen LogP contribution in [0.25, 0.3) is 0 Å². The molecule has 0 spiro atoms. The topological polar surface area (TPSA) is 15.3 Å². The maximum atomic E-state index is 14.6. The first-order valence-corrected chi connectivity index (χ1v) is 8.33. The monoisotopic (exact) mass is 292 g/mol. The van der Waals surface area contributed by atoms with Gasteiger partial charge in [0.1, 0.15) is 5.82 Å². The highest BCUT2D eigenvalue weighted by molar-refractivity contribution is 5.57. The number of hydrogen-bond donors (Lipinski definition) is 1. The number of para-hydroxylation sites is 1. The van der Waals surface area contributed by atoms with Crippen LogP contribution in [0.2, 0.25) is 0 Å². The highest BCUT2D eigenvalue weighted by Gasteiger charge is 2.33. The van der Waals surface area contributed by atoms with Crippen molar-refractivity contribution in [3.05, 3.63) is 29.6 Å². The molecular formula is C18H29FN2. The summed E-state index contributed by atoms with van der Waals surface area (Å²) in [5.41, 5.74) is 1.92. The number of rotatable bonds is 8.